The van der Waals surface area contributed by atoms with Gasteiger partial charge in [0.15, 0.2) is 0 Å². The molecule has 0 radical (unpaired) electrons. The molecule has 2 N–H and O–H groups in total. The summed E-state index contributed by atoms with van der Waals surface area (Å²) in [5.41, 5.74) is 3.54. The second kappa shape index (κ2) is 9.39. The van der Waals surface area contributed by atoms with Gasteiger partial charge >= 0.3 is 0 Å². The number of aromatic nitrogens is 2. The highest BCUT2D eigenvalue weighted by Gasteiger charge is 2.37. The second-order valence-electron chi connectivity index (χ2n) is 8.47. The maximum Gasteiger partial charge on any atom is 0.227 e. The largest absolute Gasteiger partial charge is 0.495 e. The third-order valence-corrected chi connectivity index (χ3v) is 6.21. The number of H-pyrrole nitrogens is 1. The Bertz CT molecular complexity index is 1280. The molecule has 2 atom stereocenters. The van der Waals surface area contributed by atoms with Crippen LogP contribution < -0.4 is 15.0 Å². The lowest BCUT2D eigenvalue weighted by atomic mass is 10.0. The number of nitrogens with zero attached hydrogens (tertiary/aromatic N) is 2. The number of carbonyl (C=O) groups excluding carboxylic acids is 2. The Morgan fingerprint density at radius 2 is 1.82 bits per heavy atom. The Kier molecular flexibility index (Phi) is 5.99. The number of benzene rings is 3. The maximum atomic E-state index is 13.3. The first-order valence-electron chi connectivity index (χ1n) is 11.3. The molecule has 1 fully saturated rings. The molecule has 7 heteroatoms. The van der Waals surface area contributed by atoms with E-state index in [0.29, 0.717) is 30.2 Å². The van der Waals surface area contributed by atoms with E-state index >= 15 is 0 Å². The molecule has 1 aromatic heterocycles. The zero-order valence-electron chi connectivity index (χ0n) is 18.9. The van der Waals surface area contributed by atoms with Gasteiger partial charge in [0.25, 0.3) is 0 Å². The molecular weight excluding hydrogens is 428 g/mol. The highest BCUT2D eigenvalue weighted by atomic mass is 16.5. The number of carbonyl (C=O) groups is 2. The quantitative estimate of drug-likeness (QED) is 0.442. The molecule has 2 amide bonds. The van der Waals surface area contributed by atoms with Gasteiger partial charge in [-0.05, 0) is 36.2 Å². The molecular formula is C27H26N4O3. The lowest BCUT2D eigenvalue weighted by molar-refractivity contribution is -0.127. The normalized spacial score (nSPS) is 16.6. The minimum Gasteiger partial charge on any atom is -0.495 e. The number of hydrogen-bond donors (Lipinski definition) is 2. The Morgan fingerprint density at radius 1 is 1.09 bits per heavy atom. The fourth-order valence-electron chi connectivity index (χ4n) is 4.46. The summed E-state index contributed by atoms with van der Waals surface area (Å²) in [6.45, 7) is 0.309. The van der Waals surface area contributed by atoms with Crippen LogP contribution in [0.2, 0.25) is 0 Å². The van der Waals surface area contributed by atoms with Crippen molar-refractivity contribution in [2.75, 3.05) is 18.6 Å². The summed E-state index contributed by atoms with van der Waals surface area (Å²) < 4.78 is 5.41. The number of aromatic amines is 1. The highest BCUT2D eigenvalue weighted by Crippen LogP contribution is 2.33. The van der Waals surface area contributed by atoms with Crippen molar-refractivity contribution in [1.82, 2.24) is 15.3 Å². The molecule has 5 rings (SSSR count). The number of ether oxygens (including phenoxy) is 1. The van der Waals surface area contributed by atoms with Gasteiger partial charge < -0.3 is 19.9 Å². The Labute approximate surface area is 197 Å². The van der Waals surface area contributed by atoms with E-state index < -0.39 is 5.92 Å². The van der Waals surface area contributed by atoms with Gasteiger partial charge in [0.2, 0.25) is 11.8 Å². The van der Waals surface area contributed by atoms with E-state index in [9.17, 15) is 9.59 Å². The van der Waals surface area contributed by atoms with Crippen molar-refractivity contribution in [3.63, 3.8) is 0 Å². The molecule has 1 saturated heterocycles. The predicted octanol–water partition coefficient (Wildman–Crippen LogP) is 4.02. The van der Waals surface area contributed by atoms with Crippen LogP contribution in [0.4, 0.5) is 5.69 Å². The van der Waals surface area contributed by atoms with Gasteiger partial charge in [0.1, 0.15) is 11.6 Å². The molecule has 4 aromatic rings. The standard InChI is InChI=1S/C27H26N4O3/c1-34-24-14-8-7-13-23(24)31-17-19(16-25(31)32)27(33)30-22(15-18-9-3-2-4-10-18)26-28-20-11-5-6-12-21(20)29-26/h2-14,19,22H,15-17H2,1H3,(H,28,29)(H,30,33)/t19-,22+/m0/s1. The third-order valence-electron chi connectivity index (χ3n) is 6.21. The smallest absolute Gasteiger partial charge is 0.227 e. The summed E-state index contributed by atoms with van der Waals surface area (Å²) in [4.78, 5) is 35.9. The highest BCUT2D eigenvalue weighted by molar-refractivity contribution is 6.01. The number of rotatable bonds is 7. The zero-order valence-corrected chi connectivity index (χ0v) is 18.9. The minimum atomic E-state index is -0.458. The summed E-state index contributed by atoms with van der Waals surface area (Å²) in [5, 5.41) is 3.16. The summed E-state index contributed by atoms with van der Waals surface area (Å²) in [6.07, 6.45) is 0.741. The van der Waals surface area contributed by atoms with E-state index in [1.165, 1.54) is 0 Å². The zero-order chi connectivity index (χ0) is 23.5. The second-order valence-corrected chi connectivity index (χ2v) is 8.47. The first-order valence-corrected chi connectivity index (χ1v) is 11.3. The number of imidazole rings is 1. The topological polar surface area (TPSA) is 87.3 Å². The van der Waals surface area contributed by atoms with Crippen molar-refractivity contribution < 1.29 is 14.3 Å². The lowest BCUT2D eigenvalue weighted by Gasteiger charge is -2.21. The average Bonchev–Trinajstić information content (AvgIpc) is 3.48. The Hall–Kier alpha value is -4.13. The molecule has 1 aliphatic rings. The van der Waals surface area contributed by atoms with E-state index in [0.717, 1.165) is 16.6 Å². The fourth-order valence-corrected chi connectivity index (χ4v) is 4.46. The monoisotopic (exact) mass is 454 g/mol. The van der Waals surface area contributed by atoms with Gasteiger partial charge in [-0.1, -0.05) is 54.6 Å². The Morgan fingerprint density at radius 3 is 2.62 bits per heavy atom. The van der Waals surface area contributed by atoms with Gasteiger partial charge in [0, 0.05) is 13.0 Å². The summed E-state index contributed by atoms with van der Waals surface area (Å²) >= 11 is 0. The van der Waals surface area contributed by atoms with Crippen molar-refractivity contribution in [1.29, 1.82) is 0 Å². The van der Waals surface area contributed by atoms with Gasteiger partial charge in [-0.2, -0.15) is 0 Å². The number of nitrogens with one attached hydrogen (secondary N) is 2. The van der Waals surface area contributed by atoms with Gasteiger partial charge in [-0.15, -0.1) is 0 Å². The molecule has 7 nitrogen and oxygen atoms in total. The molecule has 0 unspecified atom stereocenters. The number of amides is 2. The van der Waals surface area contributed by atoms with E-state index in [-0.39, 0.29) is 24.3 Å². The van der Waals surface area contributed by atoms with Crippen molar-refractivity contribution in [3.8, 4) is 5.75 Å². The van der Waals surface area contributed by atoms with Gasteiger partial charge in [-0.25, -0.2) is 4.98 Å². The molecule has 1 aliphatic heterocycles. The molecule has 172 valence electrons. The third kappa shape index (κ3) is 4.37. The number of para-hydroxylation sites is 4. The van der Waals surface area contributed by atoms with Crippen molar-refractivity contribution >= 4 is 28.5 Å². The van der Waals surface area contributed by atoms with Crippen LogP contribution in [-0.4, -0.2) is 35.4 Å². The Balaban J connectivity index is 1.37. The number of methoxy groups -OCH3 is 1. The summed E-state index contributed by atoms with van der Waals surface area (Å²) in [6, 6.07) is 24.8. The molecule has 0 saturated carbocycles. The van der Waals surface area contributed by atoms with E-state index in [1.807, 2.05) is 78.9 Å². The van der Waals surface area contributed by atoms with E-state index in [2.05, 4.69) is 10.3 Å². The van der Waals surface area contributed by atoms with Crippen molar-refractivity contribution in [2.24, 2.45) is 5.92 Å². The molecule has 34 heavy (non-hydrogen) atoms. The van der Waals surface area contributed by atoms with E-state index in [1.54, 1.807) is 12.0 Å². The van der Waals surface area contributed by atoms with Crippen LogP contribution in [0.3, 0.4) is 0 Å². The lowest BCUT2D eigenvalue weighted by Crippen LogP contribution is -2.37. The van der Waals surface area contributed by atoms with Gasteiger partial charge in [0.05, 0.1) is 35.8 Å². The summed E-state index contributed by atoms with van der Waals surface area (Å²) in [5.74, 6) is 0.602. The first kappa shape index (κ1) is 21.7. The molecule has 0 bridgehead atoms. The van der Waals surface area contributed by atoms with Crippen LogP contribution in [0, 0.1) is 5.92 Å². The fraction of sp³-hybridized carbons (Fsp3) is 0.222. The van der Waals surface area contributed by atoms with Crippen LogP contribution in [-0.2, 0) is 16.0 Å². The van der Waals surface area contributed by atoms with Crippen LogP contribution in [0.25, 0.3) is 11.0 Å². The number of fused-ring (bicyclic) bond motifs is 1. The van der Waals surface area contributed by atoms with Crippen LogP contribution >= 0.6 is 0 Å². The van der Waals surface area contributed by atoms with Gasteiger partial charge in [-0.3, -0.25) is 9.59 Å². The number of hydrogen-bond acceptors (Lipinski definition) is 4. The van der Waals surface area contributed by atoms with Crippen molar-refractivity contribution in [2.45, 2.75) is 18.9 Å². The summed E-state index contributed by atoms with van der Waals surface area (Å²) in [7, 11) is 1.57. The number of anilines is 1. The van der Waals surface area contributed by atoms with Crippen LogP contribution in [0.5, 0.6) is 5.75 Å². The molecule has 0 spiro atoms. The minimum absolute atomic E-state index is 0.0898. The molecule has 2 heterocycles. The van der Waals surface area contributed by atoms with Crippen LogP contribution in [0.15, 0.2) is 78.9 Å². The molecule has 3 aromatic carbocycles. The SMILES string of the molecule is COc1ccccc1N1C[C@@H](C(=O)N[C@H](Cc2ccccc2)c2nc3ccccc3[nH]2)CC1=O. The predicted molar refractivity (Wildman–Crippen MR) is 131 cm³/mol. The average molecular weight is 455 g/mol. The molecule has 0 aliphatic carbocycles. The van der Waals surface area contributed by atoms with E-state index in [4.69, 9.17) is 9.72 Å². The maximum absolute atomic E-state index is 13.3. The first-order chi connectivity index (χ1) is 16.6. The van der Waals surface area contributed by atoms with Crippen LogP contribution in [0.1, 0.15) is 23.9 Å². The van der Waals surface area contributed by atoms with Crippen molar-refractivity contribution in [3.05, 3.63) is 90.3 Å².